The highest BCUT2D eigenvalue weighted by Crippen LogP contribution is 2.44. The van der Waals surface area contributed by atoms with Crippen LogP contribution in [-0.2, 0) is 10.2 Å². The SMILES string of the molecule is COc1ccc2c(c1)[C@@](C)(CC#N)C(=O)N2C. The molecule has 88 valence electrons. The molecule has 0 saturated carbocycles. The third-order valence-electron chi connectivity index (χ3n) is 3.37. The molecule has 4 heteroatoms. The normalized spacial score (nSPS) is 22.2. The van der Waals surface area contributed by atoms with Gasteiger partial charge in [-0.3, -0.25) is 4.79 Å². The number of carbonyl (C=O) groups is 1. The lowest BCUT2D eigenvalue weighted by atomic mass is 9.81. The van der Waals surface area contributed by atoms with E-state index in [0.717, 1.165) is 11.3 Å². The number of fused-ring (bicyclic) bond motifs is 1. The molecule has 1 heterocycles. The van der Waals surface area contributed by atoms with E-state index in [9.17, 15) is 4.79 Å². The average Bonchev–Trinajstić information content (AvgIpc) is 2.52. The Morgan fingerprint density at radius 2 is 2.24 bits per heavy atom. The van der Waals surface area contributed by atoms with E-state index in [1.165, 1.54) is 0 Å². The van der Waals surface area contributed by atoms with Crippen LogP contribution < -0.4 is 9.64 Å². The molecular formula is C13H14N2O2. The maximum atomic E-state index is 12.2. The molecule has 0 N–H and O–H groups in total. The molecule has 1 aliphatic heterocycles. The van der Waals surface area contributed by atoms with Crippen LogP contribution in [0, 0.1) is 11.3 Å². The zero-order valence-electron chi connectivity index (χ0n) is 10.2. The molecule has 2 rings (SSSR count). The van der Waals surface area contributed by atoms with E-state index < -0.39 is 5.41 Å². The zero-order valence-corrected chi connectivity index (χ0v) is 10.2. The van der Waals surface area contributed by atoms with Gasteiger partial charge >= 0.3 is 0 Å². The highest BCUT2D eigenvalue weighted by Gasteiger charge is 2.46. The van der Waals surface area contributed by atoms with Crippen molar-refractivity contribution in [2.75, 3.05) is 19.1 Å². The summed E-state index contributed by atoms with van der Waals surface area (Å²) >= 11 is 0. The fourth-order valence-electron chi connectivity index (χ4n) is 2.30. The van der Waals surface area contributed by atoms with Crippen molar-refractivity contribution in [2.24, 2.45) is 0 Å². The van der Waals surface area contributed by atoms with Gasteiger partial charge < -0.3 is 9.64 Å². The number of methoxy groups -OCH3 is 1. The fraction of sp³-hybridized carbons (Fsp3) is 0.385. The second kappa shape index (κ2) is 3.77. The fourth-order valence-corrected chi connectivity index (χ4v) is 2.30. The summed E-state index contributed by atoms with van der Waals surface area (Å²) in [7, 11) is 3.32. The van der Waals surface area contributed by atoms with Gasteiger partial charge in [-0.1, -0.05) is 0 Å². The first kappa shape index (κ1) is 11.5. The van der Waals surface area contributed by atoms with Crippen LogP contribution in [0.2, 0.25) is 0 Å². The number of hydrogen-bond acceptors (Lipinski definition) is 3. The van der Waals surface area contributed by atoms with Crippen LogP contribution in [0.1, 0.15) is 18.9 Å². The lowest BCUT2D eigenvalue weighted by molar-refractivity contribution is -0.122. The minimum absolute atomic E-state index is 0.0395. The van der Waals surface area contributed by atoms with E-state index in [0.29, 0.717) is 5.75 Å². The number of anilines is 1. The molecule has 4 nitrogen and oxygen atoms in total. The smallest absolute Gasteiger partial charge is 0.238 e. The van der Waals surface area contributed by atoms with Gasteiger partial charge in [-0.25, -0.2) is 0 Å². The lowest BCUT2D eigenvalue weighted by Gasteiger charge is -2.19. The number of ether oxygens (including phenoxy) is 1. The monoisotopic (exact) mass is 230 g/mol. The number of nitriles is 1. The largest absolute Gasteiger partial charge is 0.497 e. The maximum Gasteiger partial charge on any atom is 0.238 e. The Bertz CT molecular complexity index is 519. The number of amides is 1. The van der Waals surface area contributed by atoms with Crippen molar-refractivity contribution in [1.29, 1.82) is 5.26 Å². The first-order valence-electron chi connectivity index (χ1n) is 5.38. The van der Waals surface area contributed by atoms with Crippen molar-refractivity contribution in [2.45, 2.75) is 18.8 Å². The van der Waals surface area contributed by atoms with Gasteiger partial charge in [-0.15, -0.1) is 0 Å². The van der Waals surface area contributed by atoms with Gasteiger partial charge in [0.15, 0.2) is 0 Å². The molecule has 0 fully saturated rings. The van der Waals surface area contributed by atoms with Crippen LogP contribution >= 0.6 is 0 Å². The Labute approximate surface area is 100 Å². The summed E-state index contributed by atoms with van der Waals surface area (Å²) in [5, 5.41) is 8.90. The molecule has 1 atom stereocenters. The zero-order chi connectivity index (χ0) is 12.6. The van der Waals surface area contributed by atoms with Gasteiger partial charge in [0.25, 0.3) is 0 Å². The number of hydrogen-bond donors (Lipinski definition) is 0. The van der Waals surface area contributed by atoms with Gasteiger partial charge in [0, 0.05) is 12.7 Å². The van der Waals surface area contributed by atoms with Crippen LogP contribution in [-0.4, -0.2) is 20.1 Å². The first-order valence-corrected chi connectivity index (χ1v) is 5.38. The number of nitrogens with zero attached hydrogens (tertiary/aromatic N) is 2. The molecule has 1 aromatic rings. The summed E-state index contributed by atoms with van der Waals surface area (Å²) in [4.78, 5) is 13.8. The van der Waals surface area contributed by atoms with E-state index >= 15 is 0 Å². The molecule has 17 heavy (non-hydrogen) atoms. The number of carbonyl (C=O) groups excluding carboxylic acids is 1. The van der Waals surface area contributed by atoms with Crippen LogP contribution in [0.3, 0.4) is 0 Å². The topological polar surface area (TPSA) is 53.3 Å². The average molecular weight is 230 g/mol. The second-order valence-electron chi connectivity index (χ2n) is 4.41. The molecule has 0 saturated heterocycles. The molecule has 0 aliphatic carbocycles. The first-order chi connectivity index (χ1) is 8.04. The van der Waals surface area contributed by atoms with E-state index in [1.807, 2.05) is 18.2 Å². The summed E-state index contributed by atoms with van der Waals surface area (Å²) in [6.07, 6.45) is 0.177. The van der Waals surface area contributed by atoms with Crippen molar-refractivity contribution < 1.29 is 9.53 Å². The van der Waals surface area contributed by atoms with Crippen molar-refractivity contribution in [3.05, 3.63) is 23.8 Å². The Balaban J connectivity index is 2.62. The third-order valence-corrected chi connectivity index (χ3v) is 3.37. The van der Waals surface area contributed by atoms with Gasteiger partial charge in [0.05, 0.1) is 25.0 Å². The van der Waals surface area contributed by atoms with Gasteiger partial charge in [-0.2, -0.15) is 5.26 Å². The minimum atomic E-state index is -0.757. The van der Waals surface area contributed by atoms with Gasteiger partial charge in [-0.05, 0) is 30.7 Å². The summed E-state index contributed by atoms with van der Waals surface area (Å²) in [6, 6.07) is 7.61. The van der Waals surface area contributed by atoms with E-state index in [1.54, 1.807) is 26.0 Å². The van der Waals surface area contributed by atoms with Gasteiger partial charge in [0.1, 0.15) is 5.75 Å². The maximum absolute atomic E-state index is 12.2. The molecule has 1 amide bonds. The highest BCUT2D eigenvalue weighted by molar-refractivity contribution is 6.07. The Morgan fingerprint density at radius 1 is 1.53 bits per heavy atom. The summed E-state index contributed by atoms with van der Waals surface area (Å²) in [5.74, 6) is 0.665. The van der Waals surface area contributed by atoms with Crippen molar-refractivity contribution in [3.63, 3.8) is 0 Å². The Kier molecular flexibility index (Phi) is 2.55. The molecule has 0 bridgehead atoms. The second-order valence-corrected chi connectivity index (χ2v) is 4.41. The third kappa shape index (κ3) is 1.47. The molecule has 1 aliphatic rings. The lowest BCUT2D eigenvalue weighted by Crippen LogP contribution is -2.35. The van der Waals surface area contributed by atoms with Crippen molar-refractivity contribution in [1.82, 2.24) is 0 Å². The quantitative estimate of drug-likeness (QED) is 0.779. The van der Waals surface area contributed by atoms with Crippen LogP contribution in [0.4, 0.5) is 5.69 Å². The van der Waals surface area contributed by atoms with Crippen molar-refractivity contribution in [3.8, 4) is 11.8 Å². The van der Waals surface area contributed by atoms with Crippen LogP contribution in [0.15, 0.2) is 18.2 Å². The van der Waals surface area contributed by atoms with E-state index in [4.69, 9.17) is 10.00 Å². The molecule has 0 aromatic heterocycles. The van der Waals surface area contributed by atoms with Crippen LogP contribution in [0.5, 0.6) is 5.75 Å². The van der Waals surface area contributed by atoms with Crippen molar-refractivity contribution >= 4 is 11.6 Å². The summed E-state index contributed by atoms with van der Waals surface area (Å²) in [6.45, 7) is 1.81. The molecule has 0 unspecified atom stereocenters. The number of rotatable bonds is 2. The predicted octanol–water partition coefficient (Wildman–Crippen LogP) is 1.84. The molecule has 0 spiro atoms. The number of likely N-dealkylation sites (N-methyl/N-ethyl adjacent to an activating group) is 1. The molecule has 1 aromatic carbocycles. The predicted molar refractivity (Wildman–Crippen MR) is 64.0 cm³/mol. The standard InChI is InChI=1S/C13H14N2O2/c1-13(6-7-14)10-8-9(17-3)4-5-11(10)15(2)12(13)16/h4-5,8H,6H2,1-3H3/t13-/m1/s1. The van der Waals surface area contributed by atoms with E-state index in [-0.39, 0.29) is 12.3 Å². The minimum Gasteiger partial charge on any atom is -0.497 e. The van der Waals surface area contributed by atoms with Gasteiger partial charge in [0.2, 0.25) is 5.91 Å². The Morgan fingerprint density at radius 3 is 2.82 bits per heavy atom. The number of benzene rings is 1. The van der Waals surface area contributed by atoms with Crippen LogP contribution in [0.25, 0.3) is 0 Å². The summed E-state index contributed by atoms with van der Waals surface area (Å²) < 4.78 is 5.17. The summed E-state index contributed by atoms with van der Waals surface area (Å²) in [5.41, 5.74) is 0.965. The highest BCUT2D eigenvalue weighted by atomic mass is 16.5. The van der Waals surface area contributed by atoms with E-state index in [2.05, 4.69) is 6.07 Å². The molecule has 0 radical (unpaired) electrons. The molecular weight excluding hydrogens is 216 g/mol. The Hall–Kier alpha value is -2.02.